The van der Waals surface area contributed by atoms with Gasteiger partial charge in [-0.15, -0.1) is 0 Å². The molecule has 2 N–H and O–H groups in total. The van der Waals surface area contributed by atoms with E-state index in [0.29, 0.717) is 17.7 Å². The van der Waals surface area contributed by atoms with Gasteiger partial charge in [-0.3, -0.25) is 0 Å². The van der Waals surface area contributed by atoms with Crippen molar-refractivity contribution in [1.82, 2.24) is 4.90 Å². The largest absolute Gasteiger partial charge is 0.492 e. The molecule has 0 fully saturated rings. The second-order valence-electron chi connectivity index (χ2n) is 4.80. The highest BCUT2D eigenvalue weighted by atomic mass is 32.2. The molecule has 0 heterocycles. The Labute approximate surface area is 119 Å². The summed E-state index contributed by atoms with van der Waals surface area (Å²) >= 11 is 0. The fourth-order valence-corrected chi connectivity index (χ4v) is 2.70. The molecule has 0 unspecified atom stereocenters. The topological polar surface area (TPSA) is 72.6 Å². The van der Waals surface area contributed by atoms with Crippen molar-refractivity contribution in [2.75, 3.05) is 27.2 Å². The molecular weight excluding hydrogens is 276 g/mol. The quantitative estimate of drug-likeness (QED) is 0.905. The van der Waals surface area contributed by atoms with Crippen LogP contribution < -0.4 is 9.88 Å². The second-order valence-corrected chi connectivity index (χ2v) is 6.33. The molecule has 2 rings (SSSR count). The van der Waals surface area contributed by atoms with Gasteiger partial charge in [0.1, 0.15) is 12.4 Å². The average Bonchev–Trinajstić information content (AvgIpc) is 2.37. The van der Waals surface area contributed by atoms with Crippen molar-refractivity contribution in [3.05, 3.63) is 36.4 Å². The second kappa shape index (κ2) is 5.78. The molecule has 20 heavy (non-hydrogen) atoms. The Hall–Kier alpha value is -1.63. The molecule has 0 bridgehead atoms. The van der Waals surface area contributed by atoms with Crippen LogP contribution in [-0.2, 0) is 10.0 Å². The maximum atomic E-state index is 11.6. The van der Waals surface area contributed by atoms with Gasteiger partial charge in [0.05, 0.1) is 4.90 Å². The van der Waals surface area contributed by atoms with Crippen LogP contribution in [0.1, 0.15) is 0 Å². The van der Waals surface area contributed by atoms with Gasteiger partial charge in [0.25, 0.3) is 0 Å². The van der Waals surface area contributed by atoms with E-state index in [9.17, 15) is 8.42 Å². The number of hydrogen-bond acceptors (Lipinski definition) is 4. The molecule has 0 spiro atoms. The van der Waals surface area contributed by atoms with Crippen LogP contribution in [0.4, 0.5) is 0 Å². The Morgan fingerprint density at radius 2 is 1.75 bits per heavy atom. The lowest BCUT2D eigenvalue weighted by Gasteiger charge is -2.14. The van der Waals surface area contributed by atoms with Crippen LogP contribution in [0.25, 0.3) is 10.8 Å². The molecule has 0 aliphatic rings. The first-order chi connectivity index (χ1) is 9.39. The van der Waals surface area contributed by atoms with E-state index in [1.807, 2.05) is 31.1 Å². The van der Waals surface area contributed by atoms with Crippen LogP contribution >= 0.6 is 0 Å². The van der Waals surface area contributed by atoms with Gasteiger partial charge >= 0.3 is 0 Å². The third-order valence-electron chi connectivity index (χ3n) is 2.95. The van der Waals surface area contributed by atoms with E-state index in [-0.39, 0.29) is 4.90 Å². The monoisotopic (exact) mass is 294 g/mol. The fourth-order valence-electron chi connectivity index (χ4n) is 1.96. The number of nitrogens with two attached hydrogens (primary N) is 1. The number of fused-ring (bicyclic) bond motifs is 1. The Morgan fingerprint density at radius 3 is 2.35 bits per heavy atom. The van der Waals surface area contributed by atoms with Gasteiger partial charge in [0.15, 0.2) is 0 Å². The normalized spacial score (nSPS) is 12.0. The lowest BCUT2D eigenvalue weighted by molar-refractivity contribution is 0.263. The minimum absolute atomic E-state index is 0.119. The summed E-state index contributed by atoms with van der Waals surface area (Å²) in [6, 6.07) is 10.3. The first-order valence-corrected chi connectivity index (χ1v) is 7.76. The van der Waals surface area contributed by atoms with Crippen molar-refractivity contribution < 1.29 is 13.2 Å². The van der Waals surface area contributed by atoms with Gasteiger partial charge in [-0.2, -0.15) is 0 Å². The van der Waals surface area contributed by atoms with Gasteiger partial charge in [-0.05, 0) is 26.2 Å². The van der Waals surface area contributed by atoms with Gasteiger partial charge in [-0.1, -0.05) is 24.3 Å². The van der Waals surface area contributed by atoms with Gasteiger partial charge in [0.2, 0.25) is 10.0 Å². The lowest BCUT2D eigenvalue weighted by atomic mass is 10.1. The van der Waals surface area contributed by atoms with Crippen LogP contribution in [0.15, 0.2) is 41.3 Å². The zero-order valence-corrected chi connectivity index (χ0v) is 12.4. The Morgan fingerprint density at radius 1 is 1.10 bits per heavy atom. The summed E-state index contributed by atoms with van der Waals surface area (Å²) in [5.41, 5.74) is 0. The maximum absolute atomic E-state index is 11.6. The summed E-state index contributed by atoms with van der Waals surface area (Å²) in [5.74, 6) is 0.662. The number of sulfonamides is 1. The molecule has 2 aromatic rings. The number of primary sulfonamides is 1. The van der Waals surface area contributed by atoms with Crippen molar-refractivity contribution in [1.29, 1.82) is 0 Å². The molecule has 5 nitrogen and oxygen atoms in total. The molecule has 0 aliphatic carbocycles. The molecule has 0 atom stereocenters. The third kappa shape index (κ3) is 3.27. The molecule has 0 aliphatic heterocycles. The van der Waals surface area contributed by atoms with Crippen molar-refractivity contribution in [2.24, 2.45) is 5.14 Å². The number of ether oxygens (including phenoxy) is 1. The van der Waals surface area contributed by atoms with Crippen molar-refractivity contribution in [3.8, 4) is 5.75 Å². The van der Waals surface area contributed by atoms with E-state index in [1.165, 1.54) is 6.07 Å². The number of hydrogen-bond donors (Lipinski definition) is 1. The average molecular weight is 294 g/mol. The smallest absolute Gasteiger partial charge is 0.238 e. The fraction of sp³-hybridized carbons (Fsp3) is 0.286. The highest BCUT2D eigenvalue weighted by molar-refractivity contribution is 7.89. The van der Waals surface area contributed by atoms with Crippen LogP contribution in [0, 0.1) is 0 Å². The van der Waals surface area contributed by atoms with E-state index < -0.39 is 10.0 Å². The highest BCUT2D eigenvalue weighted by Gasteiger charge is 2.14. The minimum atomic E-state index is -3.74. The maximum Gasteiger partial charge on any atom is 0.238 e. The first kappa shape index (κ1) is 14.8. The zero-order chi connectivity index (χ0) is 14.8. The zero-order valence-electron chi connectivity index (χ0n) is 11.5. The van der Waals surface area contributed by atoms with Crippen LogP contribution in [-0.4, -0.2) is 40.6 Å². The molecule has 0 aromatic heterocycles. The molecule has 108 valence electrons. The summed E-state index contributed by atoms with van der Waals surface area (Å²) in [6.45, 7) is 1.32. The summed E-state index contributed by atoms with van der Waals surface area (Å²) < 4.78 is 28.9. The summed E-state index contributed by atoms with van der Waals surface area (Å²) in [4.78, 5) is 2.13. The number of nitrogens with zero attached hydrogens (tertiary/aromatic N) is 1. The Kier molecular flexibility index (Phi) is 4.27. The number of rotatable bonds is 5. The van der Waals surface area contributed by atoms with Crippen LogP contribution in [0.3, 0.4) is 0 Å². The summed E-state index contributed by atoms with van der Waals surface area (Å²) in [6.07, 6.45) is 0. The Balaban J connectivity index is 2.44. The van der Waals surface area contributed by atoms with E-state index in [4.69, 9.17) is 9.88 Å². The van der Waals surface area contributed by atoms with Crippen molar-refractivity contribution in [2.45, 2.75) is 4.90 Å². The first-order valence-electron chi connectivity index (χ1n) is 6.21. The van der Waals surface area contributed by atoms with Crippen LogP contribution in [0.5, 0.6) is 5.75 Å². The number of benzene rings is 2. The standard InChI is InChI=1S/C14H18N2O3S/c1-16(2)9-10-19-13-7-8-14(20(15,17)18)12-6-4-3-5-11(12)13/h3-8H,9-10H2,1-2H3,(H2,15,17,18). The third-order valence-corrected chi connectivity index (χ3v) is 3.92. The van der Waals surface area contributed by atoms with E-state index >= 15 is 0 Å². The molecule has 0 saturated carbocycles. The van der Waals surface area contributed by atoms with Gasteiger partial charge in [0, 0.05) is 17.3 Å². The lowest BCUT2D eigenvalue weighted by Crippen LogP contribution is -2.19. The SMILES string of the molecule is CN(C)CCOc1ccc(S(N)(=O)=O)c2ccccc12. The van der Waals surface area contributed by atoms with Gasteiger partial charge in [-0.25, -0.2) is 13.6 Å². The summed E-state index contributed by atoms with van der Waals surface area (Å²) in [5, 5.41) is 6.57. The van der Waals surface area contributed by atoms with Crippen molar-refractivity contribution >= 4 is 20.8 Å². The predicted molar refractivity (Wildman–Crippen MR) is 79.4 cm³/mol. The predicted octanol–water partition coefficient (Wildman–Crippen LogP) is 1.43. The molecular formula is C14H18N2O3S. The Bertz CT molecular complexity index is 711. The minimum Gasteiger partial charge on any atom is -0.492 e. The number of likely N-dealkylation sites (N-methyl/N-ethyl adjacent to an activating group) is 1. The molecule has 2 aromatic carbocycles. The molecule has 0 saturated heterocycles. The van der Waals surface area contributed by atoms with Crippen molar-refractivity contribution in [3.63, 3.8) is 0 Å². The van der Waals surface area contributed by atoms with E-state index in [2.05, 4.69) is 0 Å². The van der Waals surface area contributed by atoms with Gasteiger partial charge < -0.3 is 9.64 Å². The van der Waals surface area contributed by atoms with Crippen LogP contribution in [0.2, 0.25) is 0 Å². The van der Waals surface area contributed by atoms with E-state index in [1.54, 1.807) is 18.2 Å². The molecule has 0 radical (unpaired) electrons. The highest BCUT2D eigenvalue weighted by Crippen LogP contribution is 2.30. The van der Waals surface area contributed by atoms with E-state index in [0.717, 1.165) is 11.9 Å². The summed E-state index contributed by atoms with van der Waals surface area (Å²) in [7, 11) is 0.184. The molecule has 0 amide bonds. The molecule has 6 heteroatoms.